The van der Waals surface area contributed by atoms with Gasteiger partial charge in [0.15, 0.2) is 17.3 Å². The topological polar surface area (TPSA) is 166 Å². The highest BCUT2D eigenvalue weighted by atomic mass is 16.5. The Morgan fingerprint density at radius 3 is 2.47 bits per heavy atom. The summed E-state index contributed by atoms with van der Waals surface area (Å²) in [6.07, 6.45) is 2.01. The summed E-state index contributed by atoms with van der Waals surface area (Å²) in [7, 11) is 3.13. The first-order valence-electron chi connectivity index (χ1n) is 17.6. The van der Waals surface area contributed by atoms with Crippen molar-refractivity contribution in [2.45, 2.75) is 78.4 Å². The van der Waals surface area contributed by atoms with E-state index in [9.17, 15) is 19.2 Å². The number of nitrogens with one attached hydrogen (secondary N) is 3. The number of amides is 4. The Kier molecular flexibility index (Phi) is 14.2. The fourth-order valence-corrected chi connectivity index (χ4v) is 5.91. The van der Waals surface area contributed by atoms with Crippen LogP contribution in [0.3, 0.4) is 0 Å². The lowest BCUT2D eigenvalue weighted by molar-refractivity contribution is -0.130. The highest BCUT2D eigenvalue weighted by Crippen LogP contribution is 2.28. The van der Waals surface area contributed by atoms with Gasteiger partial charge in [-0.05, 0) is 68.5 Å². The van der Waals surface area contributed by atoms with Gasteiger partial charge >= 0.3 is 0 Å². The van der Waals surface area contributed by atoms with Gasteiger partial charge in [0.25, 0.3) is 5.91 Å². The van der Waals surface area contributed by atoms with E-state index in [4.69, 9.17) is 19.2 Å². The summed E-state index contributed by atoms with van der Waals surface area (Å²) in [5.41, 5.74) is 1.34. The van der Waals surface area contributed by atoms with E-state index in [0.29, 0.717) is 86.4 Å². The van der Waals surface area contributed by atoms with Crippen molar-refractivity contribution in [1.82, 2.24) is 35.6 Å². The van der Waals surface area contributed by atoms with Crippen LogP contribution in [-0.2, 0) is 27.3 Å². The van der Waals surface area contributed by atoms with Crippen molar-refractivity contribution in [3.8, 4) is 17.2 Å². The number of aromatic nitrogens is 3. The quantitative estimate of drug-likeness (QED) is 0.302. The average Bonchev–Trinajstić information content (AvgIpc) is 3.52. The molecule has 1 aliphatic rings. The first-order valence-corrected chi connectivity index (χ1v) is 17.6. The summed E-state index contributed by atoms with van der Waals surface area (Å²) in [4.78, 5) is 60.2. The van der Waals surface area contributed by atoms with Crippen molar-refractivity contribution in [2.75, 3.05) is 40.5 Å². The van der Waals surface area contributed by atoms with E-state index in [2.05, 4.69) is 21.0 Å². The molecule has 0 unspecified atom stereocenters. The Labute approximate surface area is 299 Å². The predicted molar refractivity (Wildman–Crippen MR) is 191 cm³/mol. The lowest BCUT2D eigenvalue weighted by Crippen LogP contribution is -2.51. The highest BCUT2D eigenvalue weighted by molar-refractivity contribution is 5.94. The monoisotopic (exact) mass is 705 g/mol. The van der Waals surface area contributed by atoms with E-state index < -0.39 is 12.1 Å². The van der Waals surface area contributed by atoms with Gasteiger partial charge in [-0.15, -0.1) is 0 Å². The maximum Gasteiger partial charge on any atom is 0.253 e. The zero-order chi connectivity index (χ0) is 36.9. The number of methoxy groups -OCH3 is 2. The molecule has 3 atom stereocenters. The van der Waals surface area contributed by atoms with Crippen molar-refractivity contribution in [3.05, 3.63) is 65.2 Å². The van der Waals surface area contributed by atoms with Crippen molar-refractivity contribution >= 4 is 23.6 Å². The third kappa shape index (κ3) is 10.7. The zero-order valence-electron chi connectivity index (χ0n) is 30.5. The molecule has 2 aromatic carbocycles. The molecule has 4 rings (SSSR count). The van der Waals surface area contributed by atoms with Gasteiger partial charge in [0.1, 0.15) is 24.2 Å². The number of fused-ring (bicyclic) bond motifs is 1. The Balaban J connectivity index is 1.60. The first kappa shape index (κ1) is 38.7. The van der Waals surface area contributed by atoms with Gasteiger partial charge in [-0.2, -0.15) is 5.10 Å². The molecule has 0 aliphatic carbocycles. The van der Waals surface area contributed by atoms with Crippen LogP contribution >= 0.6 is 0 Å². The van der Waals surface area contributed by atoms with Gasteiger partial charge in [0, 0.05) is 38.0 Å². The number of hydrogen-bond acceptors (Lipinski definition) is 9. The van der Waals surface area contributed by atoms with E-state index in [1.165, 1.54) is 4.68 Å². The molecule has 0 saturated carbocycles. The molecule has 0 saturated heterocycles. The molecule has 0 radical (unpaired) electrons. The summed E-state index contributed by atoms with van der Waals surface area (Å²) in [6.45, 7) is 8.85. The minimum absolute atomic E-state index is 0.128. The van der Waals surface area contributed by atoms with Gasteiger partial charge in [0.2, 0.25) is 17.7 Å². The minimum atomic E-state index is -0.797. The van der Waals surface area contributed by atoms with Gasteiger partial charge in [0.05, 0.1) is 26.9 Å². The van der Waals surface area contributed by atoms with Crippen molar-refractivity contribution in [3.63, 3.8) is 0 Å². The van der Waals surface area contributed by atoms with Crippen LogP contribution in [0.1, 0.15) is 87.0 Å². The number of nitrogens with zero attached hydrogens (tertiary/aromatic N) is 4. The molecule has 0 fully saturated rings. The van der Waals surface area contributed by atoms with E-state index in [1.807, 2.05) is 32.9 Å². The SMILES string of the molecule is CCOc1cccc(C(=O)N2CCCNC(=O)Cn3nc(Cc4ccc(OC)c(OC)c4)nc3[C@@H](C)NC(=O)[C@H]([C@@H](C)CC)NC(=O)CCC2)c1. The Hall–Kier alpha value is -5.14. The fourth-order valence-electron chi connectivity index (χ4n) is 5.91. The summed E-state index contributed by atoms with van der Waals surface area (Å²) in [5, 5.41) is 13.5. The Bertz CT molecular complexity index is 1660. The van der Waals surface area contributed by atoms with Gasteiger partial charge < -0.3 is 35.1 Å². The summed E-state index contributed by atoms with van der Waals surface area (Å²) >= 11 is 0. The predicted octanol–water partition coefficient (Wildman–Crippen LogP) is 3.44. The number of rotatable bonds is 9. The summed E-state index contributed by atoms with van der Waals surface area (Å²) in [5.74, 6) is 1.32. The number of benzene rings is 2. The molecule has 14 heteroatoms. The zero-order valence-corrected chi connectivity index (χ0v) is 30.5. The van der Waals surface area contributed by atoms with E-state index in [1.54, 1.807) is 56.4 Å². The second-order valence-electron chi connectivity index (χ2n) is 12.6. The van der Waals surface area contributed by atoms with Crippen LogP contribution < -0.4 is 30.2 Å². The maximum atomic E-state index is 13.7. The largest absolute Gasteiger partial charge is 0.494 e. The number of hydrogen-bond donors (Lipinski definition) is 3. The van der Waals surface area contributed by atoms with Crippen molar-refractivity contribution in [1.29, 1.82) is 0 Å². The van der Waals surface area contributed by atoms with Crippen LogP contribution in [-0.4, -0.2) is 89.8 Å². The van der Waals surface area contributed by atoms with E-state index in [-0.39, 0.29) is 42.5 Å². The molecule has 276 valence electrons. The molecule has 14 nitrogen and oxygen atoms in total. The lowest BCUT2D eigenvalue weighted by Gasteiger charge is -2.26. The lowest BCUT2D eigenvalue weighted by atomic mass is 9.97. The van der Waals surface area contributed by atoms with Gasteiger partial charge in [-0.1, -0.05) is 32.4 Å². The van der Waals surface area contributed by atoms with Gasteiger partial charge in [-0.3, -0.25) is 19.2 Å². The Morgan fingerprint density at radius 2 is 1.75 bits per heavy atom. The number of carbonyl (C=O) groups is 4. The van der Waals surface area contributed by atoms with Crippen molar-refractivity contribution in [2.24, 2.45) is 5.92 Å². The molecular formula is C37H51N7O7. The average molecular weight is 706 g/mol. The van der Waals surface area contributed by atoms with E-state index in [0.717, 1.165) is 5.56 Å². The maximum absolute atomic E-state index is 13.7. The van der Waals surface area contributed by atoms with Crippen LogP contribution in [0.4, 0.5) is 0 Å². The number of carbonyl (C=O) groups excluding carboxylic acids is 4. The second kappa shape index (κ2) is 18.7. The van der Waals surface area contributed by atoms with Crippen LogP contribution in [0.2, 0.25) is 0 Å². The smallest absolute Gasteiger partial charge is 0.253 e. The Morgan fingerprint density at radius 1 is 0.980 bits per heavy atom. The molecule has 0 bridgehead atoms. The molecule has 1 aliphatic heterocycles. The second-order valence-corrected chi connectivity index (χ2v) is 12.6. The molecule has 1 aromatic heterocycles. The third-order valence-corrected chi connectivity index (χ3v) is 8.84. The normalized spacial score (nSPS) is 18.6. The molecule has 3 N–H and O–H groups in total. The molecular weight excluding hydrogens is 654 g/mol. The molecule has 2 heterocycles. The summed E-state index contributed by atoms with van der Waals surface area (Å²) in [6, 6.07) is 11.1. The van der Waals surface area contributed by atoms with Crippen LogP contribution in [0, 0.1) is 5.92 Å². The summed E-state index contributed by atoms with van der Waals surface area (Å²) < 4.78 is 17.9. The highest BCUT2D eigenvalue weighted by Gasteiger charge is 2.29. The molecule has 0 spiro atoms. The van der Waals surface area contributed by atoms with Gasteiger partial charge in [-0.25, -0.2) is 9.67 Å². The van der Waals surface area contributed by atoms with E-state index >= 15 is 0 Å². The van der Waals surface area contributed by atoms with Crippen molar-refractivity contribution < 1.29 is 33.4 Å². The number of ether oxygens (including phenoxy) is 3. The van der Waals surface area contributed by atoms with Crippen LogP contribution in [0.25, 0.3) is 0 Å². The fraction of sp³-hybridized carbons (Fsp3) is 0.514. The third-order valence-electron chi connectivity index (χ3n) is 8.84. The standard InChI is InChI=1S/C37H51N7O7/c1-7-24(3)34-36(47)39-25(4)35-40-31(21-26-15-16-29(49-5)30(20-26)50-6)42-44(35)23-33(46)38-17-11-19-43(18-10-14-32(45)41-34)37(48)27-12-9-13-28(22-27)51-8-2/h9,12-13,15-16,20,22,24-25,34H,7-8,10-11,14,17-19,21,23H2,1-6H3,(H,38,46)(H,39,47)(H,41,45)/t24-,25+,34-/m0/s1. The molecule has 51 heavy (non-hydrogen) atoms. The first-order chi connectivity index (χ1) is 24.6. The minimum Gasteiger partial charge on any atom is -0.494 e. The van der Waals surface area contributed by atoms with Crippen LogP contribution in [0.5, 0.6) is 17.2 Å². The molecule has 4 amide bonds. The molecule has 3 aromatic rings. The van der Waals surface area contributed by atoms with Crippen LogP contribution in [0.15, 0.2) is 42.5 Å².